The van der Waals surface area contributed by atoms with E-state index in [1.165, 1.54) is 12.8 Å². The summed E-state index contributed by atoms with van der Waals surface area (Å²) >= 11 is 0. The zero-order chi connectivity index (χ0) is 11.5. The Labute approximate surface area is 98.1 Å². The van der Waals surface area contributed by atoms with Crippen LogP contribution in [0.15, 0.2) is 0 Å². The molecule has 2 fully saturated rings. The lowest BCUT2D eigenvalue weighted by Crippen LogP contribution is -2.44. The highest BCUT2D eigenvalue weighted by Gasteiger charge is 2.40. The van der Waals surface area contributed by atoms with Crippen molar-refractivity contribution in [3.63, 3.8) is 0 Å². The molecule has 0 aromatic rings. The predicted molar refractivity (Wildman–Crippen MR) is 63.4 cm³/mol. The molecule has 0 radical (unpaired) electrons. The fourth-order valence-electron chi connectivity index (χ4n) is 3.14. The smallest absolute Gasteiger partial charge is 0.103 e. The van der Waals surface area contributed by atoms with Gasteiger partial charge in [0.05, 0.1) is 6.10 Å². The first-order chi connectivity index (χ1) is 7.66. The molecule has 2 bridgehead atoms. The molecule has 0 aliphatic carbocycles. The molecule has 0 amide bonds. The molecule has 2 saturated heterocycles. The number of fused-ring (bicyclic) bond motifs is 2. The largest absolute Gasteiger partial charge is 0.379 e. The number of rotatable bonds is 5. The maximum atomic E-state index is 13.3. The number of hydrogen-bond acceptors (Lipinski definition) is 2. The molecule has 0 N–H and O–H groups in total. The number of piperidine rings is 1. The average Bonchev–Trinajstić information content (AvgIpc) is 2.45. The van der Waals surface area contributed by atoms with Crippen LogP contribution in [0.3, 0.4) is 0 Å². The summed E-state index contributed by atoms with van der Waals surface area (Å²) in [6, 6.07) is 1.04. The Morgan fingerprint density at radius 3 is 2.44 bits per heavy atom. The predicted octanol–water partition coefficient (Wildman–Crippen LogP) is 2.77. The van der Waals surface area contributed by atoms with E-state index in [-0.39, 0.29) is 0 Å². The van der Waals surface area contributed by atoms with Gasteiger partial charge < -0.3 is 4.74 Å². The van der Waals surface area contributed by atoms with Crippen molar-refractivity contribution in [2.45, 2.75) is 70.3 Å². The second-order valence-corrected chi connectivity index (χ2v) is 5.46. The van der Waals surface area contributed by atoms with Gasteiger partial charge in [0.25, 0.3) is 0 Å². The number of hydrogen-bond donors (Lipinski definition) is 0. The third kappa shape index (κ3) is 2.95. The van der Waals surface area contributed by atoms with E-state index in [9.17, 15) is 4.39 Å². The van der Waals surface area contributed by atoms with Crippen LogP contribution >= 0.6 is 0 Å². The van der Waals surface area contributed by atoms with Crippen LogP contribution in [0.1, 0.15) is 46.0 Å². The Balaban J connectivity index is 1.70. The van der Waals surface area contributed by atoms with Gasteiger partial charge in [0.1, 0.15) is 6.17 Å². The SMILES string of the molecule is CC(C)OCCCN1[C@@H]2CC[C@H]1CC(F)C2. The van der Waals surface area contributed by atoms with E-state index in [1.54, 1.807) is 0 Å². The monoisotopic (exact) mass is 229 g/mol. The van der Waals surface area contributed by atoms with Crippen LogP contribution in [0.4, 0.5) is 4.39 Å². The highest BCUT2D eigenvalue weighted by Crippen LogP contribution is 2.36. The number of nitrogens with zero attached hydrogens (tertiary/aromatic N) is 1. The van der Waals surface area contributed by atoms with Gasteiger partial charge in [-0.1, -0.05) is 0 Å². The van der Waals surface area contributed by atoms with Crippen LogP contribution in [0.5, 0.6) is 0 Å². The van der Waals surface area contributed by atoms with E-state index in [2.05, 4.69) is 18.7 Å². The average molecular weight is 229 g/mol. The molecule has 3 heteroatoms. The minimum atomic E-state index is -0.541. The lowest BCUT2D eigenvalue weighted by atomic mass is 10.0. The van der Waals surface area contributed by atoms with Crippen molar-refractivity contribution in [3.05, 3.63) is 0 Å². The van der Waals surface area contributed by atoms with Gasteiger partial charge in [-0.2, -0.15) is 0 Å². The Morgan fingerprint density at radius 1 is 1.25 bits per heavy atom. The number of alkyl halides is 1. The molecule has 16 heavy (non-hydrogen) atoms. The maximum absolute atomic E-state index is 13.3. The Morgan fingerprint density at radius 2 is 1.88 bits per heavy atom. The number of ether oxygens (including phenoxy) is 1. The standard InChI is InChI=1S/C13H24FNO/c1-10(2)16-7-3-6-15-12-4-5-13(15)9-11(14)8-12/h10-13H,3-9H2,1-2H3/t11?,12-,13+. The Bertz CT molecular complexity index is 208. The van der Waals surface area contributed by atoms with Gasteiger partial charge in [0.2, 0.25) is 0 Å². The third-order valence-corrected chi connectivity index (χ3v) is 3.84. The summed E-state index contributed by atoms with van der Waals surface area (Å²) in [6.45, 7) is 6.07. The molecule has 3 atom stereocenters. The van der Waals surface area contributed by atoms with Gasteiger partial charge in [-0.05, 0) is 46.0 Å². The second-order valence-electron chi connectivity index (χ2n) is 5.46. The molecular formula is C13H24FNO. The van der Waals surface area contributed by atoms with Gasteiger partial charge >= 0.3 is 0 Å². The lowest BCUT2D eigenvalue weighted by molar-refractivity contribution is 0.0481. The molecule has 2 aliphatic rings. The molecular weight excluding hydrogens is 205 g/mol. The lowest BCUT2D eigenvalue weighted by Gasteiger charge is -2.36. The molecule has 0 aromatic carbocycles. The first kappa shape index (κ1) is 12.3. The van der Waals surface area contributed by atoms with Crippen LogP contribution in [0.25, 0.3) is 0 Å². The maximum Gasteiger partial charge on any atom is 0.103 e. The van der Waals surface area contributed by atoms with E-state index in [4.69, 9.17) is 4.74 Å². The molecule has 2 heterocycles. The highest BCUT2D eigenvalue weighted by molar-refractivity contribution is 4.95. The first-order valence-corrected chi connectivity index (χ1v) is 6.68. The first-order valence-electron chi connectivity index (χ1n) is 6.68. The summed E-state index contributed by atoms with van der Waals surface area (Å²) < 4.78 is 18.9. The van der Waals surface area contributed by atoms with E-state index < -0.39 is 6.17 Å². The van der Waals surface area contributed by atoms with Crippen molar-refractivity contribution in [3.8, 4) is 0 Å². The van der Waals surface area contributed by atoms with Crippen molar-refractivity contribution in [1.29, 1.82) is 0 Å². The van der Waals surface area contributed by atoms with Gasteiger partial charge in [-0.15, -0.1) is 0 Å². The van der Waals surface area contributed by atoms with E-state index >= 15 is 0 Å². The van der Waals surface area contributed by atoms with Crippen LogP contribution in [-0.4, -0.2) is 42.4 Å². The minimum absolute atomic E-state index is 0.327. The molecule has 0 aromatic heterocycles. The minimum Gasteiger partial charge on any atom is -0.379 e. The van der Waals surface area contributed by atoms with Crippen LogP contribution < -0.4 is 0 Å². The summed E-state index contributed by atoms with van der Waals surface area (Å²) in [6.07, 6.45) is 4.81. The van der Waals surface area contributed by atoms with Crippen LogP contribution in [0, 0.1) is 0 Å². The topological polar surface area (TPSA) is 12.5 Å². The fraction of sp³-hybridized carbons (Fsp3) is 1.00. The normalized spacial score (nSPS) is 34.9. The molecule has 0 saturated carbocycles. The number of halogens is 1. The van der Waals surface area contributed by atoms with Crippen molar-refractivity contribution in [2.75, 3.05) is 13.2 Å². The van der Waals surface area contributed by atoms with Crippen molar-refractivity contribution >= 4 is 0 Å². The molecule has 1 unspecified atom stereocenters. The van der Waals surface area contributed by atoms with E-state index in [0.29, 0.717) is 18.2 Å². The summed E-state index contributed by atoms with van der Waals surface area (Å²) in [5, 5.41) is 0. The van der Waals surface area contributed by atoms with Crippen LogP contribution in [0.2, 0.25) is 0 Å². The molecule has 2 nitrogen and oxygen atoms in total. The second kappa shape index (κ2) is 5.46. The quantitative estimate of drug-likeness (QED) is 0.672. The zero-order valence-corrected chi connectivity index (χ0v) is 10.5. The summed E-state index contributed by atoms with van der Waals surface area (Å²) in [4.78, 5) is 2.53. The van der Waals surface area contributed by atoms with Crippen molar-refractivity contribution < 1.29 is 9.13 Å². The van der Waals surface area contributed by atoms with Crippen LogP contribution in [-0.2, 0) is 4.74 Å². The van der Waals surface area contributed by atoms with Gasteiger partial charge in [-0.3, -0.25) is 4.90 Å². The van der Waals surface area contributed by atoms with Gasteiger partial charge in [0, 0.05) is 25.2 Å². The highest BCUT2D eigenvalue weighted by atomic mass is 19.1. The van der Waals surface area contributed by atoms with Gasteiger partial charge in [-0.25, -0.2) is 4.39 Å². The zero-order valence-electron chi connectivity index (χ0n) is 10.5. The summed E-state index contributed by atoms with van der Waals surface area (Å²) in [5.41, 5.74) is 0. The van der Waals surface area contributed by atoms with E-state index in [0.717, 1.165) is 32.4 Å². The van der Waals surface area contributed by atoms with Gasteiger partial charge in [0.15, 0.2) is 0 Å². The Kier molecular flexibility index (Phi) is 4.20. The third-order valence-electron chi connectivity index (χ3n) is 3.84. The Hall–Kier alpha value is -0.150. The molecule has 2 rings (SSSR count). The van der Waals surface area contributed by atoms with Crippen molar-refractivity contribution in [1.82, 2.24) is 4.90 Å². The molecule has 94 valence electrons. The summed E-state index contributed by atoms with van der Waals surface area (Å²) in [5.74, 6) is 0. The van der Waals surface area contributed by atoms with E-state index in [1.807, 2.05) is 0 Å². The summed E-state index contributed by atoms with van der Waals surface area (Å²) in [7, 11) is 0. The molecule has 0 spiro atoms. The van der Waals surface area contributed by atoms with Crippen molar-refractivity contribution in [2.24, 2.45) is 0 Å². The fourth-order valence-corrected chi connectivity index (χ4v) is 3.14. The molecule has 2 aliphatic heterocycles.